The predicted molar refractivity (Wildman–Crippen MR) is 140 cm³/mol. The summed E-state index contributed by atoms with van der Waals surface area (Å²) in [6.07, 6.45) is 27.3. The molecule has 4 heteroatoms. The maximum Gasteiger partial charge on any atom is 0.306 e. The van der Waals surface area contributed by atoms with Crippen molar-refractivity contribution in [3.8, 4) is 0 Å². The summed E-state index contributed by atoms with van der Waals surface area (Å²) in [4.78, 5) is 22.7. The van der Waals surface area contributed by atoms with Gasteiger partial charge in [-0.1, -0.05) is 117 Å². The van der Waals surface area contributed by atoms with Gasteiger partial charge in [0.25, 0.3) is 0 Å². The molecule has 0 saturated carbocycles. The van der Waals surface area contributed by atoms with Gasteiger partial charge >= 0.3 is 11.9 Å². The lowest BCUT2D eigenvalue weighted by Gasteiger charge is -2.18. The fraction of sp³-hybridized carbons (Fsp3) is 0.931. The van der Waals surface area contributed by atoms with Crippen LogP contribution in [0.1, 0.15) is 168 Å². The molecule has 1 atom stereocenters. The molecule has 0 amide bonds. The minimum atomic E-state index is -0.702. The van der Waals surface area contributed by atoms with Crippen molar-refractivity contribution in [2.45, 2.75) is 174 Å². The summed E-state index contributed by atoms with van der Waals surface area (Å²) in [7, 11) is 0. The molecule has 0 heterocycles. The molecular weight excluding hydrogens is 412 g/mol. The molecule has 33 heavy (non-hydrogen) atoms. The average Bonchev–Trinajstić information content (AvgIpc) is 2.79. The van der Waals surface area contributed by atoms with Crippen molar-refractivity contribution < 1.29 is 19.4 Å². The third-order valence-corrected chi connectivity index (χ3v) is 6.58. The van der Waals surface area contributed by atoms with Gasteiger partial charge in [-0.25, -0.2) is 0 Å². The van der Waals surface area contributed by atoms with Gasteiger partial charge in [-0.2, -0.15) is 0 Å². The van der Waals surface area contributed by atoms with E-state index in [0.717, 1.165) is 64.2 Å². The molecule has 0 spiro atoms. The molecule has 0 saturated heterocycles. The first kappa shape index (κ1) is 31.9. The van der Waals surface area contributed by atoms with Crippen molar-refractivity contribution in [1.82, 2.24) is 0 Å². The van der Waals surface area contributed by atoms with E-state index in [4.69, 9.17) is 9.84 Å². The lowest BCUT2D eigenvalue weighted by molar-refractivity contribution is -0.150. The number of aliphatic carboxylic acids is 1. The van der Waals surface area contributed by atoms with Crippen molar-refractivity contribution in [3.63, 3.8) is 0 Å². The molecule has 0 rings (SSSR count). The fourth-order valence-electron chi connectivity index (χ4n) is 4.40. The monoisotopic (exact) mass is 468 g/mol. The summed E-state index contributed by atoms with van der Waals surface area (Å²) in [6, 6.07) is 0. The lowest BCUT2D eigenvalue weighted by atomic mass is 10.0. The number of esters is 1. The highest BCUT2D eigenvalue weighted by Gasteiger charge is 2.14. The van der Waals surface area contributed by atoms with Gasteiger partial charge in [-0.3, -0.25) is 9.59 Å². The van der Waals surface area contributed by atoms with Crippen molar-refractivity contribution in [2.24, 2.45) is 0 Å². The summed E-state index contributed by atoms with van der Waals surface area (Å²) in [5.41, 5.74) is 0. The number of carbonyl (C=O) groups excluding carboxylic acids is 1. The Balaban J connectivity index is 3.82. The van der Waals surface area contributed by atoms with E-state index in [1.807, 2.05) is 0 Å². The second-order valence-corrected chi connectivity index (χ2v) is 9.95. The number of hydrogen-bond donors (Lipinski definition) is 1. The third-order valence-electron chi connectivity index (χ3n) is 6.58. The molecule has 0 aromatic heterocycles. The van der Waals surface area contributed by atoms with Crippen LogP contribution in [0.4, 0.5) is 0 Å². The third kappa shape index (κ3) is 25.4. The van der Waals surface area contributed by atoms with E-state index >= 15 is 0 Å². The number of unbranched alkanes of at least 4 members (excludes halogenated alkanes) is 17. The van der Waals surface area contributed by atoms with Crippen molar-refractivity contribution in [2.75, 3.05) is 0 Å². The Kier molecular flexibility index (Phi) is 24.7. The van der Waals surface area contributed by atoms with Crippen LogP contribution in [-0.4, -0.2) is 23.1 Å². The van der Waals surface area contributed by atoms with E-state index in [1.165, 1.54) is 77.0 Å². The van der Waals surface area contributed by atoms with Crippen LogP contribution in [0.15, 0.2) is 0 Å². The molecule has 0 radical (unpaired) electrons. The van der Waals surface area contributed by atoms with Gasteiger partial charge in [-0.15, -0.1) is 0 Å². The summed E-state index contributed by atoms with van der Waals surface area (Å²) < 4.78 is 5.80. The minimum absolute atomic E-state index is 0.0296. The van der Waals surface area contributed by atoms with Gasteiger partial charge in [0.05, 0.1) is 0 Å². The van der Waals surface area contributed by atoms with Crippen LogP contribution >= 0.6 is 0 Å². The van der Waals surface area contributed by atoms with Crippen LogP contribution in [0, 0.1) is 0 Å². The van der Waals surface area contributed by atoms with E-state index in [-0.39, 0.29) is 18.5 Å². The number of hydrogen-bond acceptors (Lipinski definition) is 3. The minimum Gasteiger partial charge on any atom is -0.481 e. The zero-order valence-corrected chi connectivity index (χ0v) is 22.2. The SMILES string of the molecule is CCCCCCCCCCCCCCCC(CCCCCCCC(=O)O)OC(=O)CCCC. The van der Waals surface area contributed by atoms with Crippen LogP contribution in [0.5, 0.6) is 0 Å². The van der Waals surface area contributed by atoms with Gasteiger partial charge in [0.15, 0.2) is 0 Å². The van der Waals surface area contributed by atoms with Crippen LogP contribution in [0.25, 0.3) is 0 Å². The van der Waals surface area contributed by atoms with Crippen LogP contribution < -0.4 is 0 Å². The second kappa shape index (κ2) is 25.6. The molecule has 1 unspecified atom stereocenters. The number of carboxylic acid groups (broad SMARTS) is 1. The zero-order chi connectivity index (χ0) is 24.4. The standard InChI is InChI=1S/C29H56O4/c1-3-5-7-8-9-10-11-12-13-14-15-17-20-23-27(33-29(32)26-6-4-2)24-21-18-16-19-22-25-28(30)31/h27H,3-26H2,1-2H3,(H,30,31). The van der Waals surface area contributed by atoms with Crippen LogP contribution in [0.2, 0.25) is 0 Å². The van der Waals surface area contributed by atoms with E-state index in [2.05, 4.69) is 13.8 Å². The van der Waals surface area contributed by atoms with E-state index < -0.39 is 5.97 Å². The van der Waals surface area contributed by atoms with Crippen LogP contribution in [0.3, 0.4) is 0 Å². The molecule has 1 N–H and O–H groups in total. The first-order valence-corrected chi connectivity index (χ1v) is 14.5. The Morgan fingerprint density at radius 3 is 1.36 bits per heavy atom. The molecule has 4 nitrogen and oxygen atoms in total. The summed E-state index contributed by atoms with van der Waals surface area (Å²) >= 11 is 0. The van der Waals surface area contributed by atoms with E-state index in [9.17, 15) is 9.59 Å². The smallest absolute Gasteiger partial charge is 0.306 e. The van der Waals surface area contributed by atoms with Gasteiger partial charge < -0.3 is 9.84 Å². The van der Waals surface area contributed by atoms with Gasteiger partial charge in [0, 0.05) is 12.8 Å². The quantitative estimate of drug-likeness (QED) is 0.101. The number of carbonyl (C=O) groups is 2. The average molecular weight is 469 g/mol. The van der Waals surface area contributed by atoms with Crippen molar-refractivity contribution in [3.05, 3.63) is 0 Å². The van der Waals surface area contributed by atoms with Crippen molar-refractivity contribution in [1.29, 1.82) is 0 Å². The highest BCUT2D eigenvalue weighted by atomic mass is 16.5. The highest BCUT2D eigenvalue weighted by molar-refractivity contribution is 5.69. The molecule has 0 aliphatic rings. The summed E-state index contributed by atoms with van der Waals surface area (Å²) in [6.45, 7) is 4.37. The molecule has 0 aromatic carbocycles. The number of rotatable bonds is 26. The molecule has 196 valence electrons. The molecular formula is C29H56O4. The predicted octanol–water partition coefficient (Wildman–Crippen LogP) is 9.39. The molecule has 0 aliphatic heterocycles. The van der Waals surface area contributed by atoms with E-state index in [1.54, 1.807) is 0 Å². The van der Waals surface area contributed by atoms with Gasteiger partial charge in [0.2, 0.25) is 0 Å². The Bertz CT molecular complexity index is 435. The molecule has 0 aromatic rings. The Morgan fingerprint density at radius 2 is 0.939 bits per heavy atom. The topological polar surface area (TPSA) is 63.6 Å². The van der Waals surface area contributed by atoms with Gasteiger partial charge in [0.1, 0.15) is 6.10 Å². The maximum absolute atomic E-state index is 12.1. The lowest BCUT2D eigenvalue weighted by Crippen LogP contribution is -2.18. The van der Waals surface area contributed by atoms with Crippen molar-refractivity contribution >= 4 is 11.9 Å². The Labute approximate surface area is 205 Å². The fourth-order valence-corrected chi connectivity index (χ4v) is 4.40. The second-order valence-electron chi connectivity index (χ2n) is 9.95. The largest absolute Gasteiger partial charge is 0.481 e. The Morgan fingerprint density at radius 1 is 0.545 bits per heavy atom. The first-order valence-electron chi connectivity index (χ1n) is 14.5. The van der Waals surface area contributed by atoms with Gasteiger partial charge in [-0.05, 0) is 38.5 Å². The molecule has 0 aliphatic carbocycles. The first-order chi connectivity index (χ1) is 16.1. The highest BCUT2D eigenvalue weighted by Crippen LogP contribution is 2.18. The number of ether oxygens (including phenoxy) is 1. The zero-order valence-electron chi connectivity index (χ0n) is 22.2. The summed E-state index contributed by atoms with van der Waals surface area (Å²) in [5.74, 6) is -0.732. The molecule has 0 fully saturated rings. The Hall–Kier alpha value is -1.06. The normalized spacial score (nSPS) is 12.1. The van der Waals surface area contributed by atoms with Crippen LogP contribution in [-0.2, 0) is 14.3 Å². The van der Waals surface area contributed by atoms with E-state index in [0.29, 0.717) is 6.42 Å². The maximum atomic E-state index is 12.1. The number of carboxylic acids is 1. The summed E-state index contributed by atoms with van der Waals surface area (Å²) in [5, 5.41) is 8.70. The molecule has 0 bridgehead atoms.